The van der Waals surface area contributed by atoms with E-state index in [1.165, 1.54) is 6.92 Å². The first kappa shape index (κ1) is 18.0. The van der Waals surface area contributed by atoms with Crippen LogP contribution in [-0.2, 0) is 9.53 Å². The maximum Gasteiger partial charge on any atom is 0.410 e. The second-order valence-corrected chi connectivity index (χ2v) is 6.92. The zero-order chi connectivity index (χ0) is 17.9. The number of carbonyl (C=O) groups excluding carboxylic acids is 2. The Bertz CT molecular complexity index is 597. The smallest absolute Gasteiger partial charge is 0.410 e. The minimum Gasteiger partial charge on any atom is -0.444 e. The van der Waals surface area contributed by atoms with Crippen molar-refractivity contribution in [2.45, 2.75) is 46.3 Å². The van der Waals surface area contributed by atoms with Gasteiger partial charge in [-0.05, 0) is 27.7 Å². The summed E-state index contributed by atoms with van der Waals surface area (Å²) in [5.74, 6) is 0.422. The molecule has 1 N–H and O–H groups in total. The van der Waals surface area contributed by atoms with Crippen LogP contribution in [0.5, 0.6) is 0 Å². The molecular formula is C16H25N5O3. The van der Waals surface area contributed by atoms with E-state index in [2.05, 4.69) is 15.3 Å². The molecule has 1 saturated heterocycles. The van der Waals surface area contributed by atoms with Crippen molar-refractivity contribution in [1.82, 2.24) is 14.9 Å². The molecule has 8 heteroatoms. The van der Waals surface area contributed by atoms with Gasteiger partial charge in [-0.15, -0.1) is 0 Å². The summed E-state index contributed by atoms with van der Waals surface area (Å²) in [6, 6.07) is -0.00720. The summed E-state index contributed by atoms with van der Waals surface area (Å²) in [4.78, 5) is 35.6. The number of hydrogen-bond donors (Lipinski definition) is 1. The van der Waals surface area contributed by atoms with Gasteiger partial charge >= 0.3 is 6.09 Å². The summed E-state index contributed by atoms with van der Waals surface area (Å²) in [5.41, 5.74) is 0.0584. The molecule has 1 atom stereocenters. The average Bonchev–Trinajstić information content (AvgIpc) is 2.45. The van der Waals surface area contributed by atoms with E-state index in [4.69, 9.17) is 4.74 Å². The second kappa shape index (κ2) is 7.02. The molecule has 24 heavy (non-hydrogen) atoms. The third-order valence-electron chi connectivity index (χ3n) is 3.50. The van der Waals surface area contributed by atoms with Crippen LogP contribution in [-0.4, -0.2) is 58.1 Å². The van der Waals surface area contributed by atoms with Crippen molar-refractivity contribution in [3.05, 3.63) is 12.4 Å². The van der Waals surface area contributed by atoms with E-state index < -0.39 is 5.60 Å². The number of rotatable bonds is 2. The fourth-order valence-corrected chi connectivity index (χ4v) is 2.48. The number of carbonyl (C=O) groups is 2. The molecule has 132 valence electrons. The first-order valence-electron chi connectivity index (χ1n) is 8.00. The van der Waals surface area contributed by atoms with Crippen LogP contribution in [0.2, 0.25) is 0 Å². The van der Waals surface area contributed by atoms with E-state index in [9.17, 15) is 9.59 Å². The van der Waals surface area contributed by atoms with Crippen molar-refractivity contribution in [1.29, 1.82) is 0 Å². The Balaban J connectivity index is 1.97. The number of amides is 2. The maximum absolute atomic E-state index is 12.2. The van der Waals surface area contributed by atoms with Crippen LogP contribution in [0.25, 0.3) is 0 Å². The van der Waals surface area contributed by atoms with Gasteiger partial charge < -0.3 is 19.9 Å². The van der Waals surface area contributed by atoms with Gasteiger partial charge in [0.2, 0.25) is 11.9 Å². The van der Waals surface area contributed by atoms with Gasteiger partial charge in [0, 0.05) is 32.6 Å². The summed E-state index contributed by atoms with van der Waals surface area (Å²) in [6.45, 7) is 10.8. The van der Waals surface area contributed by atoms with Crippen molar-refractivity contribution in [3.63, 3.8) is 0 Å². The topological polar surface area (TPSA) is 87.7 Å². The summed E-state index contributed by atoms with van der Waals surface area (Å²) in [6.07, 6.45) is 2.86. The molecule has 0 spiro atoms. The molecule has 0 aromatic carbocycles. The third kappa shape index (κ3) is 4.81. The number of ether oxygens (including phenoxy) is 1. The van der Waals surface area contributed by atoms with E-state index in [-0.39, 0.29) is 18.0 Å². The van der Waals surface area contributed by atoms with Gasteiger partial charge in [-0.25, -0.2) is 14.8 Å². The van der Waals surface area contributed by atoms with Crippen molar-refractivity contribution >= 4 is 23.6 Å². The first-order chi connectivity index (χ1) is 11.2. The van der Waals surface area contributed by atoms with Crippen LogP contribution in [0.3, 0.4) is 0 Å². The van der Waals surface area contributed by atoms with Crippen LogP contribution in [0.1, 0.15) is 34.6 Å². The van der Waals surface area contributed by atoms with Gasteiger partial charge in [-0.1, -0.05) is 0 Å². The number of nitrogens with one attached hydrogen (secondary N) is 1. The molecule has 2 amide bonds. The molecule has 1 fully saturated rings. The van der Waals surface area contributed by atoms with Crippen molar-refractivity contribution in [3.8, 4) is 0 Å². The molecule has 0 saturated carbocycles. The van der Waals surface area contributed by atoms with Crippen molar-refractivity contribution in [2.24, 2.45) is 0 Å². The Hall–Kier alpha value is -2.38. The fraction of sp³-hybridized carbons (Fsp3) is 0.625. The average molecular weight is 335 g/mol. The standard InChI is InChI=1S/C16H25N5O3/c1-11-10-20(6-7-21(11)15(23)24-16(3,4)5)14-17-8-13(9-18-14)19-12(2)22/h8-9,11H,6-7,10H2,1-5H3,(H,19,22). The number of nitrogens with zero attached hydrogens (tertiary/aromatic N) is 4. The molecule has 0 aliphatic carbocycles. The van der Waals surface area contributed by atoms with Crippen LogP contribution in [0, 0.1) is 0 Å². The predicted molar refractivity (Wildman–Crippen MR) is 91.0 cm³/mol. The quantitative estimate of drug-likeness (QED) is 0.888. The van der Waals surface area contributed by atoms with Gasteiger partial charge in [-0.2, -0.15) is 0 Å². The minimum atomic E-state index is -0.503. The lowest BCUT2D eigenvalue weighted by molar-refractivity contribution is -0.114. The van der Waals surface area contributed by atoms with Crippen LogP contribution in [0.4, 0.5) is 16.4 Å². The Morgan fingerprint density at radius 3 is 2.38 bits per heavy atom. The molecule has 1 aliphatic heterocycles. The molecule has 1 unspecified atom stereocenters. The molecule has 2 heterocycles. The maximum atomic E-state index is 12.2. The molecule has 1 aromatic heterocycles. The second-order valence-electron chi connectivity index (χ2n) is 6.92. The molecule has 8 nitrogen and oxygen atoms in total. The van der Waals surface area contributed by atoms with Crippen LogP contribution in [0.15, 0.2) is 12.4 Å². The largest absolute Gasteiger partial charge is 0.444 e. The van der Waals surface area contributed by atoms with E-state index in [1.54, 1.807) is 17.3 Å². The normalized spacial score (nSPS) is 18.3. The first-order valence-corrected chi connectivity index (χ1v) is 8.00. The van der Waals surface area contributed by atoms with Crippen molar-refractivity contribution in [2.75, 3.05) is 29.9 Å². The van der Waals surface area contributed by atoms with E-state index in [0.717, 1.165) is 0 Å². The Morgan fingerprint density at radius 1 is 1.25 bits per heavy atom. The highest BCUT2D eigenvalue weighted by molar-refractivity contribution is 5.88. The number of hydrogen-bond acceptors (Lipinski definition) is 6. The van der Waals surface area contributed by atoms with Gasteiger partial charge in [0.05, 0.1) is 18.1 Å². The van der Waals surface area contributed by atoms with E-state index in [0.29, 0.717) is 31.3 Å². The van der Waals surface area contributed by atoms with Gasteiger partial charge in [0.1, 0.15) is 5.60 Å². The van der Waals surface area contributed by atoms with Gasteiger partial charge in [0.25, 0.3) is 0 Å². The molecular weight excluding hydrogens is 310 g/mol. The summed E-state index contributed by atoms with van der Waals surface area (Å²) < 4.78 is 5.44. The van der Waals surface area contributed by atoms with Crippen LogP contribution < -0.4 is 10.2 Å². The minimum absolute atomic E-state index is 0.00720. The molecule has 0 radical (unpaired) electrons. The SMILES string of the molecule is CC(=O)Nc1cnc(N2CCN(C(=O)OC(C)(C)C)C(C)C2)nc1. The summed E-state index contributed by atoms with van der Waals surface area (Å²) >= 11 is 0. The summed E-state index contributed by atoms with van der Waals surface area (Å²) in [7, 11) is 0. The highest BCUT2D eigenvalue weighted by Crippen LogP contribution is 2.19. The lowest BCUT2D eigenvalue weighted by Crippen LogP contribution is -2.55. The van der Waals surface area contributed by atoms with Crippen LogP contribution >= 0.6 is 0 Å². The Kier molecular flexibility index (Phi) is 5.26. The molecule has 1 aliphatic rings. The third-order valence-corrected chi connectivity index (χ3v) is 3.50. The molecule has 2 rings (SSSR count). The zero-order valence-corrected chi connectivity index (χ0v) is 14.9. The summed E-state index contributed by atoms with van der Waals surface area (Å²) in [5, 5.41) is 2.64. The van der Waals surface area contributed by atoms with Crippen molar-refractivity contribution < 1.29 is 14.3 Å². The predicted octanol–water partition coefficient (Wildman–Crippen LogP) is 1.88. The Morgan fingerprint density at radius 2 is 1.88 bits per heavy atom. The number of anilines is 2. The highest BCUT2D eigenvalue weighted by atomic mass is 16.6. The Labute approximate surface area is 142 Å². The fourth-order valence-electron chi connectivity index (χ4n) is 2.48. The van der Waals surface area contributed by atoms with E-state index >= 15 is 0 Å². The lowest BCUT2D eigenvalue weighted by atomic mass is 10.2. The van der Waals surface area contributed by atoms with Gasteiger partial charge in [0.15, 0.2) is 0 Å². The van der Waals surface area contributed by atoms with E-state index in [1.807, 2.05) is 32.6 Å². The molecule has 0 bridgehead atoms. The number of piperazine rings is 1. The molecule has 1 aromatic rings. The van der Waals surface area contributed by atoms with Gasteiger partial charge in [-0.3, -0.25) is 4.79 Å². The monoisotopic (exact) mass is 335 g/mol. The highest BCUT2D eigenvalue weighted by Gasteiger charge is 2.31. The number of aromatic nitrogens is 2. The zero-order valence-electron chi connectivity index (χ0n) is 14.9. The lowest BCUT2D eigenvalue weighted by Gasteiger charge is -2.40.